The van der Waals surface area contributed by atoms with Crippen LogP contribution in [0.15, 0.2) is 21.2 Å². The third kappa shape index (κ3) is 5.71. The molecule has 7 atom stereocenters. The van der Waals surface area contributed by atoms with E-state index in [1.54, 1.807) is 0 Å². The summed E-state index contributed by atoms with van der Waals surface area (Å²) in [6, 6.07) is 0. The van der Waals surface area contributed by atoms with Gasteiger partial charge in [-0.25, -0.2) is 4.79 Å². The highest BCUT2D eigenvalue weighted by Crippen LogP contribution is 2.66. The monoisotopic (exact) mass is 568 g/mol. The fourth-order valence-electron chi connectivity index (χ4n) is 9.53. The van der Waals surface area contributed by atoms with Crippen LogP contribution in [-0.2, 0) is 4.74 Å². The number of rotatable bonds is 11. The van der Waals surface area contributed by atoms with E-state index in [4.69, 9.17) is 9.47 Å². The zero-order chi connectivity index (χ0) is 29.4. The minimum Gasteiger partial charge on any atom is -0.491 e. The SMILES string of the molecule is COc1c(NCCNC(=O)OC2CCC3(C)C(=CCC4C3CCC3(C)C(CCCCC(C)C)CCC43)C2)c(=O)c1=O. The van der Waals surface area contributed by atoms with Crippen molar-refractivity contribution in [3.05, 3.63) is 32.1 Å². The molecule has 0 heterocycles. The summed E-state index contributed by atoms with van der Waals surface area (Å²) in [5.74, 6) is 4.21. The molecule has 228 valence electrons. The van der Waals surface area contributed by atoms with Gasteiger partial charge in [-0.05, 0) is 91.8 Å². The standard InChI is InChI=1S/C34H52N2O5/c1-21(2)8-6-7-9-22-11-13-26-25-12-10-23-20-24(14-16-34(23,4)27(25)15-17-33(22,26)3)41-32(39)36-19-18-35-28-29(37)30(38)31(28)40-5/h10,21-22,24-27,35H,6-9,11-20H2,1-5H3,(H,36,39). The number of alkyl carbamates (subject to hydrolysis) is 1. The molecule has 0 saturated heterocycles. The maximum atomic E-state index is 12.5. The van der Waals surface area contributed by atoms with Gasteiger partial charge in [-0.3, -0.25) is 9.59 Å². The van der Waals surface area contributed by atoms with E-state index in [0.29, 0.717) is 12.0 Å². The number of amides is 1. The Morgan fingerprint density at radius 3 is 2.59 bits per heavy atom. The van der Waals surface area contributed by atoms with Crippen molar-refractivity contribution in [3.63, 3.8) is 0 Å². The first-order chi connectivity index (χ1) is 19.6. The normalized spacial score (nSPS) is 34.4. The average Bonchev–Trinajstić information content (AvgIpc) is 3.28. The van der Waals surface area contributed by atoms with Crippen LogP contribution >= 0.6 is 0 Å². The maximum absolute atomic E-state index is 12.5. The molecule has 7 nitrogen and oxygen atoms in total. The van der Waals surface area contributed by atoms with Crippen LogP contribution in [0.2, 0.25) is 0 Å². The fourth-order valence-corrected chi connectivity index (χ4v) is 9.53. The number of ether oxygens (including phenoxy) is 2. The Balaban J connectivity index is 1.11. The van der Waals surface area contributed by atoms with Crippen molar-refractivity contribution < 1.29 is 14.3 Å². The molecule has 0 radical (unpaired) electrons. The van der Waals surface area contributed by atoms with Crippen LogP contribution in [0, 0.1) is 40.4 Å². The second-order valence-electron chi connectivity index (χ2n) is 14.4. The van der Waals surface area contributed by atoms with E-state index >= 15 is 0 Å². The molecule has 3 saturated carbocycles. The molecular weight excluding hydrogens is 516 g/mol. The summed E-state index contributed by atoms with van der Waals surface area (Å²) in [5, 5.41) is 5.64. The number of fused-ring (bicyclic) bond motifs is 5. The molecular formula is C34H52N2O5. The summed E-state index contributed by atoms with van der Waals surface area (Å²) < 4.78 is 10.8. The Kier molecular flexibility index (Phi) is 8.92. The van der Waals surface area contributed by atoms with E-state index in [1.807, 2.05) is 0 Å². The van der Waals surface area contributed by atoms with Crippen LogP contribution in [0.3, 0.4) is 0 Å². The Morgan fingerprint density at radius 2 is 1.83 bits per heavy atom. The molecule has 1 aromatic rings. The van der Waals surface area contributed by atoms with Gasteiger partial charge in [0.05, 0.1) is 7.11 Å². The molecule has 7 unspecified atom stereocenters. The first-order valence-corrected chi connectivity index (χ1v) is 16.3. The van der Waals surface area contributed by atoms with Gasteiger partial charge in [-0.2, -0.15) is 0 Å². The first kappa shape index (κ1) is 30.2. The summed E-state index contributed by atoms with van der Waals surface area (Å²) in [7, 11) is 1.36. The van der Waals surface area contributed by atoms with Crippen LogP contribution in [0.5, 0.6) is 5.75 Å². The Bertz CT molecular complexity index is 1200. The van der Waals surface area contributed by atoms with Crippen molar-refractivity contribution in [2.45, 2.75) is 111 Å². The summed E-state index contributed by atoms with van der Waals surface area (Å²) in [6.07, 6.45) is 17.2. The van der Waals surface area contributed by atoms with Gasteiger partial charge in [0.15, 0.2) is 5.75 Å². The van der Waals surface area contributed by atoms with Crippen molar-refractivity contribution in [2.24, 2.45) is 40.4 Å². The lowest BCUT2D eigenvalue weighted by Gasteiger charge is -2.58. The van der Waals surface area contributed by atoms with Crippen molar-refractivity contribution >= 4 is 11.8 Å². The predicted octanol–water partition coefficient (Wildman–Crippen LogP) is 6.59. The number of hydrogen-bond acceptors (Lipinski definition) is 6. The number of anilines is 1. The molecule has 4 aliphatic rings. The minimum absolute atomic E-state index is 0.0540. The van der Waals surface area contributed by atoms with Crippen LogP contribution in [0.4, 0.5) is 10.5 Å². The fraction of sp³-hybridized carbons (Fsp3) is 0.794. The third-order valence-electron chi connectivity index (χ3n) is 11.9. The van der Waals surface area contributed by atoms with Crippen LogP contribution in [0.25, 0.3) is 0 Å². The highest BCUT2D eigenvalue weighted by Gasteiger charge is 2.58. The van der Waals surface area contributed by atoms with Crippen molar-refractivity contribution in [1.29, 1.82) is 0 Å². The maximum Gasteiger partial charge on any atom is 0.407 e. The van der Waals surface area contributed by atoms with Gasteiger partial charge in [0.2, 0.25) is 0 Å². The molecule has 1 aromatic carbocycles. The van der Waals surface area contributed by atoms with Crippen LogP contribution < -0.4 is 26.2 Å². The number of allylic oxidation sites excluding steroid dienone is 1. The summed E-state index contributed by atoms with van der Waals surface area (Å²) in [5.41, 5.74) is 1.27. The van der Waals surface area contributed by atoms with Crippen molar-refractivity contribution in [2.75, 3.05) is 25.5 Å². The van der Waals surface area contributed by atoms with Gasteiger partial charge in [0.1, 0.15) is 11.8 Å². The second-order valence-corrected chi connectivity index (χ2v) is 14.4. The number of nitrogens with one attached hydrogen (secondary N) is 2. The van der Waals surface area contributed by atoms with E-state index in [9.17, 15) is 14.4 Å². The van der Waals surface area contributed by atoms with Gasteiger partial charge in [-0.15, -0.1) is 0 Å². The molecule has 4 aliphatic carbocycles. The summed E-state index contributed by atoms with van der Waals surface area (Å²) in [4.78, 5) is 35.6. The lowest BCUT2D eigenvalue weighted by atomic mass is 9.47. The third-order valence-corrected chi connectivity index (χ3v) is 11.9. The number of carbonyl (C=O) groups is 1. The van der Waals surface area contributed by atoms with Gasteiger partial charge in [0, 0.05) is 19.5 Å². The van der Waals surface area contributed by atoms with Crippen molar-refractivity contribution in [3.8, 4) is 5.75 Å². The van der Waals surface area contributed by atoms with Gasteiger partial charge >= 0.3 is 6.09 Å². The smallest absolute Gasteiger partial charge is 0.407 e. The van der Waals surface area contributed by atoms with Gasteiger partial charge in [-0.1, -0.05) is 58.6 Å². The molecule has 7 heteroatoms. The number of hydrogen-bond donors (Lipinski definition) is 2. The highest BCUT2D eigenvalue weighted by atomic mass is 16.6. The van der Waals surface area contributed by atoms with E-state index < -0.39 is 17.0 Å². The van der Waals surface area contributed by atoms with E-state index in [2.05, 4.69) is 44.4 Å². The molecule has 0 aromatic heterocycles. The molecule has 2 N–H and O–H groups in total. The predicted molar refractivity (Wildman–Crippen MR) is 163 cm³/mol. The molecule has 0 bridgehead atoms. The molecule has 41 heavy (non-hydrogen) atoms. The number of unbranched alkanes of at least 4 members (excludes halogenated alkanes) is 1. The topological polar surface area (TPSA) is 93.7 Å². The lowest BCUT2D eigenvalue weighted by molar-refractivity contribution is -0.0519. The van der Waals surface area contributed by atoms with E-state index in [0.717, 1.165) is 48.9 Å². The van der Waals surface area contributed by atoms with E-state index in [1.165, 1.54) is 70.5 Å². The molecule has 5 rings (SSSR count). The van der Waals surface area contributed by atoms with Gasteiger partial charge < -0.3 is 20.1 Å². The Morgan fingerprint density at radius 1 is 1.02 bits per heavy atom. The van der Waals surface area contributed by atoms with Crippen LogP contribution in [-0.4, -0.2) is 32.4 Å². The van der Waals surface area contributed by atoms with E-state index in [-0.39, 0.29) is 29.5 Å². The van der Waals surface area contributed by atoms with Gasteiger partial charge in [0.25, 0.3) is 10.9 Å². The largest absolute Gasteiger partial charge is 0.491 e. The molecule has 3 fully saturated rings. The summed E-state index contributed by atoms with van der Waals surface area (Å²) >= 11 is 0. The summed E-state index contributed by atoms with van der Waals surface area (Å²) in [6.45, 7) is 10.4. The lowest BCUT2D eigenvalue weighted by Crippen LogP contribution is -2.50. The van der Waals surface area contributed by atoms with Crippen LogP contribution in [0.1, 0.15) is 105 Å². The minimum atomic E-state index is -0.614. The molecule has 1 amide bonds. The first-order valence-electron chi connectivity index (χ1n) is 16.3. The Hall–Kier alpha value is -2.31. The number of carbonyl (C=O) groups excluding carboxylic acids is 1. The second kappa shape index (κ2) is 12.1. The highest BCUT2D eigenvalue weighted by molar-refractivity contribution is 5.67. The molecule has 0 aliphatic heterocycles. The zero-order valence-corrected chi connectivity index (χ0v) is 26.0. The molecule has 0 spiro atoms. The number of methoxy groups -OCH3 is 1. The Labute approximate surface area is 245 Å². The average molecular weight is 569 g/mol. The quantitative estimate of drug-likeness (QED) is 0.178. The van der Waals surface area contributed by atoms with Crippen molar-refractivity contribution in [1.82, 2.24) is 5.32 Å². The zero-order valence-electron chi connectivity index (χ0n) is 26.0.